The third-order valence-corrected chi connectivity index (χ3v) is 5.68. The smallest absolute Gasteiger partial charge is 0.163 e. The minimum atomic E-state index is 0.632. The monoisotopic (exact) mass is 338 g/mol. The molecule has 0 spiro atoms. The number of nitrogens with zero attached hydrogens (tertiary/aromatic N) is 4. The molecule has 1 aromatic carbocycles. The molecule has 1 saturated heterocycles. The van der Waals surface area contributed by atoms with E-state index in [0.717, 1.165) is 48.5 Å². The number of hydrogen-bond donors (Lipinski definition) is 0. The predicted molar refractivity (Wildman–Crippen MR) is 96.6 cm³/mol. The first-order valence-corrected chi connectivity index (χ1v) is 9.76. The largest absolute Gasteiger partial charge is 0.492 e. The highest BCUT2D eigenvalue weighted by Crippen LogP contribution is 2.33. The number of aromatic nitrogens is 3. The highest BCUT2D eigenvalue weighted by Gasteiger charge is 2.38. The van der Waals surface area contributed by atoms with Crippen molar-refractivity contribution in [2.45, 2.75) is 51.1 Å². The molecule has 3 aliphatic rings. The lowest BCUT2D eigenvalue weighted by Gasteiger charge is -2.09. The first kappa shape index (κ1) is 15.4. The minimum absolute atomic E-state index is 0.632. The average molecular weight is 338 g/mol. The van der Waals surface area contributed by atoms with E-state index < -0.39 is 0 Å². The topological polar surface area (TPSA) is 42.9 Å². The Morgan fingerprint density at radius 3 is 2.76 bits per heavy atom. The third kappa shape index (κ3) is 3.43. The Balaban J connectivity index is 1.21. The van der Waals surface area contributed by atoms with Crippen LogP contribution in [-0.2, 0) is 13.0 Å². The van der Waals surface area contributed by atoms with Crippen LogP contribution in [0.1, 0.15) is 37.9 Å². The van der Waals surface area contributed by atoms with Crippen molar-refractivity contribution in [3.8, 4) is 17.1 Å². The summed E-state index contributed by atoms with van der Waals surface area (Å²) in [4.78, 5) is 2.54. The van der Waals surface area contributed by atoms with E-state index in [1.54, 1.807) is 0 Å². The van der Waals surface area contributed by atoms with Crippen LogP contribution < -0.4 is 4.74 Å². The number of benzene rings is 1. The van der Waals surface area contributed by atoms with Gasteiger partial charge in [-0.3, -0.25) is 4.90 Å². The third-order valence-electron chi connectivity index (χ3n) is 5.68. The Labute approximate surface area is 149 Å². The van der Waals surface area contributed by atoms with Crippen LogP contribution in [0.15, 0.2) is 24.3 Å². The Kier molecular flexibility index (Phi) is 3.97. The zero-order chi connectivity index (χ0) is 16.6. The molecule has 132 valence electrons. The molecular formula is C20H26N4O. The molecule has 5 rings (SSSR count). The van der Waals surface area contributed by atoms with Gasteiger partial charge in [-0.1, -0.05) is 6.42 Å². The molecule has 0 N–H and O–H groups in total. The van der Waals surface area contributed by atoms with Crippen LogP contribution in [-0.4, -0.2) is 45.4 Å². The Bertz CT molecular complexity index is 735. The normalized spacial score (nSPS) is 25.3. The maximum absolute atomic E-state index is 5.98. The van der Waals surface area contributed by atoms with Gasteiger partial charge >= 0.3 is 0 Å². The number of hydrogen-bond acceptors (Lipinski definition) is 4. The van der Waals surface area contributed by atoms with E-state index in [1.165, 1.54) is 45.2 Å². The van der Waals surface area contributed by atoms with Gasteiger partial charge in [0, 0.05) is 31.6 Å². The lowest BCUT2D eigenvalue weighted by atomic mass is 10.2. The van der Waals surface area contributed by atoms with Crippen LogP contribution in [0.25, 0.3) is 11.4 Å². The molecule has 1 aliphatic carbocycles. The molecule has 2 aliphatic heterocycles. The quantitative estimate of drug-likeness (QED) is 0.759. The second-order valence-electron chi connectivity index (χ2n) is 7.79. The summed E-state index contributed by atoms with van der Waals surface area (Å²) in [5.41, 5.74) is 1.13. The maximum atomic E-state index is 5.98. The first-order chi connectivity index (χ1) is 12.4. The van der Waals surface area contributed by atoms with Crippen molar-refractivity contribution in [3.63, 3.8) is 0 Å². The van der Waals surface area contributed by atoms with Crippen molar-refractivity contribution < 1.29 is 4.74 Å². The van der Waals surface area contributed by atoms with Gasteiger partial charge < -0.3 is 9.30 Å². The number of aryl methyl sites for hydroxylation is 1. The van der Waals surface area contributed by atoms with E-state index in [2.05, 4.69) is 43.9 Å². The van der Waals surface area contributed by atoms with Gasteiger partial charge in [-0.15, -0.1) is 10.2 Å². The molecule has 2 aromatic rings. The van der Waals surface area contributed by atoms with Crippen LogP contribution in [0, 0.1) is 5.92 Å². The lowest BCUT2D eigenvalue weighted by molar-refractivity contribution is 0.292. The van der Waals surface area contributed by atoms with Gasteiger partial charge in [-0.25, -0.2) is 0 Å². The number of fused-ring (bicyclic) bond motifs is 1. The van der Waals surface area contributed by atoms with E-state index >= 15 is 0 Å². The number of ether oxygens (including phenoxy) is 1. The van der Waals surface area contributed by atoms with Crippen LogP contribution in [0.2, 0.25) is 0 Å². The molecule has 5 nitrogen and oxygen atoms in total. The van der Waals surface area contributed by atoms with E-state index in [4.69, 9.17) is 4.74 Å². The average Bonchev–Trinajstić information content (AvgIpc) is 3.56. The fourth-order valence-corrected chi connectivity index (χ4v) is 3.83. The first-order valence-electron chi connectivity index (χ1n) is 9.76. The van der Waals surface area contributed by atoms with Gasteiger partial charge in [-0.05, 0) is 55.9 Å². The molecule has 2 fully saturated rings. The molecule has 5 heteroatoms. The standard InChI is InChI=1S/C20H26N4O/c1-2-4-19-21-22-20(24(19)11-3-1)16-7-9-18(10-8-16)25-14-17-13-23(17)12-15-5-6-15/h7-10,15,17H,1-6,11-14H2. The molecule has 1 saturated carbocycles. The van der Waals surface area contributed by atoms with Gasteiger partial charge in [-0.2, -0.15) is 0 Å². The van der Waals surface area contributed by atoms with Crippen molar-refractivity contribution in [1.29, 1.82) is 0 Å². The fourth-order valence-electron chi connectivity index (χ4n) is 3.83. The fraction of sp³-hybridized carbons (Fsp3) is 0.600. The second-order valence-corrected chi connectivity index (χ2v) is 7.79. The molecule has 0 bridgehead atoms. The summed E-state index contributed by atoms with van der Waals surface area (Å²) in [5.74, 6) is 4.07. The molecule has 1 aromatic heterocycles. The van der Waals surface area contributed by atoms with Crippen molar-refractivity contribution in [2.24, 2.45) is 5.92 Å². The highest BCUT2D eigenvalue weighted by molar-refractivity contribution is 5.56. The summed E-state index contributed by atoms with van der Waals surface area (Å²) in [6.07, 6.45) is 7.64. The minimum Gasteiger partial charge on any atom is -0.492 e. The lowest BCUT2D eigenvalue weighted by Crippen LogP contribution is -2.12. The number of rotatable bonds is 6. The van der Waals surface area contributed by atoms with Gasteiger partial charge in [0.15, 0.2) is 5.82 Å². The van der Waals surface area contributed by atoms with Gasteiger partial charge in [0.05, 0.1) is 6.04 Å². The van der Waals surface area contributed by atoms with E-state index in [1.807, 2.05) is 0 Å². The summed E-state index contributed by atoms with van der Waals surface area (Å²) in [7, 11) is 0. The van der Waals surface area contributed by atoms with Crippen LogP contribution in [0.5, 0.6) is 5.75 Å². The Morgan fingerprint density at radius 2 is 1.92 bits per heavy atom. The molecule has 0 amide bonds. The van der Waals surface area contributed by atoms with E-state index in [-0.39, 0.29) is 0 Å². The van der Waals surface area contributed by atoms with Crippen molar-refractivity contribution >= 4 is 0 Å². The van der Waals surface area contributed by atoms with Gasteiger partial charge in [0.2, 0.25) is 0 Å². The maximum Gasteiger partial charge on any atom is 0.163 e. The van der Waals surface area contributed by atoms with Crippen LogP contribution in [0.4, 0.5) is 0 Å². The summed E-state index contributed by atoms with van der Waals surface area (Å²) in [6, 6.07) is 9.01. The Morgan fingerprint density at radius 1 is 1.04 bits per heavy atom. The van der Waals surface area contributed by atoms with Crippen molar-refractivity contribution in [1.82, 2.24) is 19.7 Å². The molecular weight excluding hydrogens is 312 g/mol. The molecule has 25 heavy (non-hydrogen) atoms. The van der Waals surface area contributed by atoms with Gasteiger partial charge in [0.1, 0.15) is 18.2 Å². The summed E-state index contributed by atoms with van der Waals surface area (Å²) >= 11 is 0. The SMILES string of the molecule is c1cc(-c2nnc3n2CCCCC3)ccc1OCC1CN1CC1CC1. The predicted octanol–water partition coefficient (Wildman–Crippen LogP) is 3.14. The molecule has 2 atom stereocenters. The summed E-state index contributed by atoms with van der Waals surface area (Å²) in [5, 5.41) is 8.83. The zero-order valence-corrected chi connectivity index (χ0v) is 14.7. The molecule has 0 radical (unpaired) electrons. The van der Waals surface area contributed by atoms with Crippen LogP contribution >= 0.6 is 0 Å². The van der Waals surface area contributed by atoms with Crippen molar-refractivity contribution in [3.05, 3.63) is 30.1 Å². The van der Waals surface area contributed by atoms with Crippen LogP contribution in [0.3, 0.4) is 0 Å². The van der Waals surface area contributed by atoms with E-state index in [0.29, 0.717) is 6.04 Å². The summed E-state index contributed by atoms with van der Waals surface area (Å²) < 4.78 is 8.28. The van der Waals surface area contributed by atoms with Crippen molar-refractivity contribution in [2.75, 3.05) is 19.7 Å². The zero-order valence-electron chi connectivity index (χ0n) is 14.7. The molecule has 2 unspecified atom stereocenters. The highest BCUT2D eigenvalue weighted by atomic mass is 16.5. The van der Waals surface area contributed by atoms with E-state index in [9.17, 15) is 0 Å². The summed E-state index contributed by atoms with van der Waals surface area (Å²) in [6.45, 7) is 4.34. The second kappa shape index (κ2) is 6.45. The Hall–Kier alpha value is -1.88. The van der Waals surface area contributed by atoms with Gasteiger partial charge in [0.25, 0.3) is 0 Å². The molecule has 3 heterocycles.